The lowest BCUT2D eigenvalue weighted by Gasteiger charge is -2.09. The van der Waals surface area contributed by atoms with Crippen LogP contribution in [0.2, 0.25) is 0 Å². The molecule has 0 amide bonds. The standard InChI is InChI=1S/C12H12BrNO2S/c1-8(12(15)16-2)7-17-11-4-3-9(6-14)5-10(11)13/h3-5,8H,7H2,1-2H3. The number of hydrogen-bond donors (Lipinski definition) is 0. The molecule has 0 saturated heterocycles. The zero-order chi connectivity index (χ0) is 12.8. The van der Waals surface area contributed by atoms with E-state index in [9.17, 15) is 4.79 Å². The van der Waals surface area contributed by atoms with E-state index in [0.717, 1.165) is 9.37 Å². The van der Waals surface area contributed by atoms with Crippen molar-refractivity contribution in [3.63, 3.8) is 0 Å². The average Bonchev–Trinajstić information content (AvgIpc) is 2.35. The maximum Gasteiger partial charge on any atom is 0.309 e. The third kappa shape index (κ3) is 4.06. The third-order valence-electron chi connectivity index (χ3n) is 2.15. The van der Waals surface area contributed by atoms with Gasteiger partial charge in [-0.1, -0.05) is 6.92 Å². The number of carbonyl (C=O) groups excluding carboxylic acids is 1. The third-order valence-corrected chi connectivity index (χ3v) is 4.41. The zero-order valence-electron chi connectivity index (χ0n) is 9.57. The number of hydrogen-bond acceptors (Lipinski definition) is 4. The first kappa shape index (κ1) is 14.1. The Balaban J connectivity index is 2.64. The second-order valence-corrected chi connectivity index (χ2v) is 5.41. The van der Waals surface area contributed by atoms with Gasteiger partial charge in [0.2, 0.25) is 0 Å². The predicted molar refractivity (Wildman–Crippen MR) is 70.8 cm³/mol. The highest BCUT2D eigenvalue weighted by atomic mass is 79.9. The molecule has 1 aromatic carbocycles. The van der Waals surface area contributed by atoms with Crippen molar-refractivity contribution in [2.75, 3.05) is 12.9 Å². The van der Waals surface area contributed by atoms with E-state index in [-0.39, 0.29) is 11.9 Å². The van der Waals surface area contributed by atoms with Gasteiger partial charge >= 0.3 is 5.97 Å². The summed E-state index contributed by atoms with van der Waals surface area (Å²) in [4.78, 5) is 12.2. The lowest BCUT2D eigenvalue weighted by molar-refractivity contribution is -0.143. The zero-order valence-corrected chi connectivity index (χ0v) is 12.0. The van der Waals surface area contributed by atoms with Gasteiger partial charge < -0.3 is 4.74 Å². The van der Waals surface area contributed by atoms with Gasteiger partial charge in [-0.25, -0.2) is 0 Å². The van der Waals surface area contributed by atoms with E-state index in [2.05, 4.69) is 26.7 Å². The summed E-state index contributed by atoms with van der Waals surface area (Å²) in [6.07, 6.45) is 0. The summed E-state index contributed by atoms with van der Waals surface area (Å²) in [5, 5.41) is 8.74. The van der Waals surface area contributed by atoms with Crippen LogP contribution in [0.4, 0.5) is 0 Å². The lowest BCUT2D eigenvalue weighted by atomic mass is 10.2. The number of nitrogens with zero attached hydrogens (tertiary/aromatic N) is 1. The Morgan fingerprint density at radius 1 is 1.65 bits per heavy atom. The van der Waals surface area contributed by atoms with Crippen LogP contribution in [-0.2, 0) is 9.53 Å². The minimum Gasteiger partial charge on any atom is -0.469 e. The maximum absolute atomic E-state index is 11.2. The minimum atomic E-state index is -0.206. The molecule has 0 radical (unpaired) electrons. The fourth-order valence-electron chi connectivity index (χ4n) is 1.17. The normalized spacial score (nSPS) is 11.6. The molecule has 0 bridgehead atoms. The van der Waals surface area contributed by atoms with Gasteiger partial charge in [-0.2, -0.15) is 5.26 Å². The van der Waals surface area contributed by atoms with E-state index in [0.29, 0.717) is 11.3 Å². The smallest absolute Gasteiger partial charge is 0.309 e. The van der Waals surface area contributed by atoms with Crippen LogP contribution in [0.1, 0.15) is 12.5 Å². The largest absolute Gasteiger partial charge is 0.469 e. The fraction of sp³-hybridized carbons (Fsp3) is 0.333. The Labute approximate surface area is 113 Å². The molecular weight excluding hydrogens is 302 g/mol. The van der Waals surface area contributed by atoms with Gasteiger partial charge in [0.15, 0.2) is 0 Å². The van der Waals surface area contributed by atoms with Gasteiger partial charge in [0.25, 0.3) is 0 Å². The second-order valence-electron chi connectivity index (χ2n) is 3.49. The number of nitriles is 1. The van der Waals surface area contributed by atoms with Crippen LogP contribution in [0.5, 0.6) is 0 Å². The molecule has 17 heavy (non-hydrogen) atoms. The van der Waals surface area contributed by atoms with E-state index in [1.54, 1.807) is 23.9 Å². The Hall–Kier alpha value is -0.990. The molecule has 0 aliphatic rings. The van der Waals surface area contributed by atoms with Gasteiger partial charge in [0.05, 0.1) is 24.7 Å². The van der Waals surface area contributed by atoms with Crippen LogP contribution in [0, 0.1) is 17.2 Å². The number of benzene rings is 1. The number of thioether (sulfide) groups is 1. The molecule has 5 heteroatoms. The maximum atomic E-state index is 11.2. The molecule has 1 unspecified atom stereocenters. The van der Waals surface area contributed by atoms with Crippen molar-refractivity contribution in [3.8, 4) is 6.07 Å². The summed E-state index contributed by atoms with van der Waals surface area (Å²) < 4.78 is 5.53. The molecule has 0 spiro atoms. The Morgan fingerprint density at radius 2 is 2.35 bits per heavy atom. The van der Waals surface area contributed by atoms with E-state index in [4.69, 9.17) is 5.26 Å². The van der Waals surface area contributed by atoms with E-state index in [1.165, 1.54) is 7.11 Å². The van der Waals surface area contributed by atoms with Crippen molar-refractivity contribution in [1.29, 1.82) is 5.26 Å². The van der Waals surface area contributed by atoms with Gasteiger partial charge in [-0.15, -0.1) is 11.8 Å². The number of carbonyl (C=O) groups is 1. The van der Waals surface area contributed by atoms with Gasteiger partial charge in [-0.3, -0.25) is 4.79 Å². The highest BCUT2D eigenvalue weighted by Gasteiger charge is 2.14. The first-order valence-corrected chi connectivity index (χ1v) is 6.76. The minimum absolute atomic E-state index is 0.146. The van der Waals surface area contributed by atoms with E-state index >= 15 is 0 Å². The first-order chi connectivity index (χ1) is 8.08. The fourth-order valence-corrected chi connectivity index (χ4v) is 2.82. The molecule has 1 aromatic rings. The van der Waals surface area contributed by atoms with Gasteiger partial charge in [0, 0.05) is 15.1 Å². The van der Waals surface area contributed by atoms with E-state index in [1.807, 2.05) is 13.0 Å². The summed E-state index contributed by atoms with van der Waals surface area (Å²) in [6.45, 7) is 1.83. The number of rotatable bonds is 4. The summed E-state index contributed by atoms with van der Waals surface area (Å²) in [5.74, 6) is 0.298. The molecule has 0 aliphatic carbocycles. The molecule has 0 saturated carbocycles. The molecular formula is C12H12BrNO2S. The molecule has 0 heterocycles. The Kier molecular flexibility index (Phi) is 5.52. The summed E-state index contributed by atoms with van der Waals surface area (Å²) in [7, 11) is 1.39. The summed E-state index contributed by atoms with van der Waals surface area (Å²) in [6, 6.07) is 7.47. The highest BCUT2D eigenvalue weighted by molar-refractivity contribution is 9.10. The Bertz CT molecular complexity index is 456. The predicted octanol–water partition coefficient (Wildman–Crippen LogP) is 3.22. The van der Waals surface area contributed by atoms with Crippen LogP contribution in [0.25, 0.3) is 0 Å². The lowest BCUT2D eigenvalue weighted by Crippen LogP contribution is -2.14. The van der Waals surface area contributed by atoms with Crippen LogP contribution in [0.15, 0.2) is 27.6 Å². The monoisotopic (exact) mass is 313 g/mol. The number of halogens is 1. The number of esters is 1. The first-order valence-electron chi connectivity index (χ1n) is 4.98. The summed E-state index contributed by atoms with van der Waals surface area (Å²) >= 11 is 4.96. The van der Waals surface area contributed by atoms with Crippen molar-refractivity contribution in [1.82, 2.24) is 0 Å². The SMILES string of the molecule is COC(=O)C(C)CSc1ccc(C#N)cc1Br. The molecule has 3 nitrogen and oxygen atoms in total. The Morgan fingerprint density at radius 3 is 2.88 bits per heavy atom. The number of ether oxygens (including phenoxy) is 1. The molecule has 90 valence electrons. The molecule has 1 rings (SSSR count). The van der Waals surface area contributed by atoms with Crippen LogP contribution >= 0.6 is 27.7 Å². The average molecular weight is 314 g/mol. The molecule has 0 fully saturated rings. The van der Waals surface area contributed by atoms with Crippen molar-refractivity contribution >= 4 is 33.7 Å². The van der Waals surface area contributed by atoms with Crippen molar-refractivity contribution in [2.45, 2.75) is 11.8 Å². The van der Waals surface area contributed by atoms with E-state index < -0.39 is 0 Å². The quantitative estimate of drug-likeness (QED) is 0.632. The second kappa shape index (κ2) is 6.67. The molecule has 0 aliphatic heterocycles. The topological polar surface area (TPSA) is 50.1 Å². The molecule has 1 atom stereocenters. The highest BCUT2D eigenvalue weighted by Crippen LogP contribution is 2.29. The van der Waals surface area contributed by atoms with Crippen molar-refractivity contribution in [3.05, 3.63) is 28.2 Å². The van der Waals surface area contributed by atoms with Crippen LogP contribution in [0.3, 0.4) is 0 Å². The van der Waals surface area contributed by atoms with Crippen LogP contribution < -0.4 is 0 Å². The van der Waals surface area contributed by atoms with Gasteiger partial charge in [-0.05, 0) is 34.1 Å². The summed E-state index contributed by atoms with van der Waals surface area (Å²) in [5.41, 5.74) is 0.613. The molecule has 0 aromatic heterocycles. The van der Waals surface area contributed by atoms with Crippen molar-refractivity contribution < 1.29 is 9.53 Å². The molecule has 0 N–H and O–H groups in total. The van der Waals surface area contributed by atoms with Crippen LogP contribution in [-0.4, -0.2) is 18.8 Å². The van der Waals surface area contributed by atoms with Crippen molar-refractivity contribution in [2.24, 2.45) is 5.92 Å². The number of methoxy groups -OCH3 is 1. The van der Waals surface area contributed by atoms with Gasteiger partial charge in [0.1, 0.15) is 0 Å².